The second kappa shape index (κ2) is 5.37. The maximum Gasteiger partial charge on any atom is 0.242 e. The first-order chi connectivity index (χ1) is 7.86. The molecular formula is C10H12ClNO4S. The van der Waals surface area contributed by atoms with Gasteiger partial charge in [-0.05, 0) is 23.7 Å². The summed E-state index contributed by atoms with van der Waals surface area (Å²) < 4.78 is 29.1. The van der Waals surface area contributed by atoms with Gasteiger partial charge in [-0.15, -0.1) is 0 Å². The Balaban J connectivity index is 3.27. The fraction of sp³-hybridized carbons (Fsp3) is 0.300. The monoisotopic (exact) mass is 277 g/mol. The van der Waals surface area contributed by atoms with E-state index in [-0.39, 0.29) is 5.69 Å². The molecule has 0 aliphatic rings. The normalized spacial score (nSPS) is 11.0. The van der Waals surface area contributed by atoms with Crippen molar-refractivity contribution in [1.29, 1.82) is 0 Å². The maximum atomic E-state index is 11.6. The van der Waals surface area contributed by atoms with E-state index >= 15 is 0 Å². The van der Waals surface area contributed by atoms with Crippen LogP contribution in [0.2, 0.25) is 0 Å². The lowest BCUT2D eigenvalue weighted by molar-refractivity contribution is -0.110. The van der Waals surface area contributed by atoms with Crippen LogP contribution in [0.5, 0.6) is 5.75 Å². The zero-order valence-electron chi connectivity index (χ0n) is 9.38. The van der Waals surface area contributed by atoms with Gasteiger partial charge in [0, 0.05) is 0 Å². The summed E-state index contributed by atoms with van der Waals surface area (Å²) in [7, 11) is -2.18. The van der Waals surface area contributed by atoms with Crippen molar-refractivity contribution in [3.8, 4) is 5.75 Å². The summed E-state index contributed by atoms with van der Waals surface area (Å²) in [5, 5.41) is -0.763. The molecule has 0 saturated carbocycles. The SMILES string of the molecule is COc1ccccc1N(CC(=O)Cl)S(C)(=O)=O. The third kappa shape index (κ3) is 3.61. The van der Waals surface area contributed by atoms with Crippen LogP contribution < -0.4 is 9.04 Å². The number of hydrogen-bond donors (Lipinski definition) is 0. The van der Waals surface area contributed by atoms with Crippen molar-refractivity contribution < 1.29 is 17.9 Å². The van der Waals surface area contributed by atoms with Gasteiger partial charge in [0.25, 0.3) is 0 Å². The average molecular weight is 278 g/mol. The van der Waals surface area contributed by atoms with Crippen LogP contribution in [-0.2, 0) is 14.8 Å². The van der Waals surface area contributed by atoms with E-state index in [1.54, 1.807) is 24.3 Å². The lowest BCUT2D eigenvalue weighted by Gasteiger charge is -2.22. The summed E-state index contributed by atoms with van der Waals surface area (Å²) in [4.78, 5) is 10.9. The van der Waals surface area contributed by atoms with E-state index in [4.69, 9.17) is 16.3 Å². The molecule has 17 heavy (non-hydrogen) atoms. The number of para-hydroxylation sites is 2. The summed E-state index contributed by atoms with van der Waals surface area (Å²) in [6.45, 7) is -0.430. The maximum absolute atomic E-state index is 11.6. The molecule has 0 amide bonds. The highest BCUT2D eigenvalue weighted by Crippen LogP contribution is 2.29. The first-order valence-corrected chi connectivity index (χ1v) is 6.88. The zero-order valence-corrected chi connectivity index (χ0v) is 11.0. The predicted molar refractivity (Wildman–Crippen MR) is 66.0 cm³/mol. The summed E-state index contributed by atoms with van der Waals surface area (Å²) in [6, 6.07) is 6.49. The highest BCUT2D eigenvalue weighted by molar-refractivity contribution is 7.92. The number of carbonyl (C=O) groups excluding carboxylic acids is 1. The molecule has 1 rings (SSSR count). The van der Waals surface area contributed by atoms with Gasteiger partial charge in [0.15, 0.2) is 0 Å². The van der Waals surface area contributed by atoms with Crippen LogP contribution in [-0.4, -0.2) is 33.6 Å². The highest BCUT2D eigenvalue weighted by Gasteiger charge is 2.22. The van der Waals surface area contributed by atoms with Crippen molar-refractivity contribution >= 4 is 32.6 Å². The number of carbonyl (C=O) groups is 1. The molecule has 0 unspecified atom stereocenters. The Bertz CT molecular complexity index is 515. The van der Waals surface area contributed by atoms with Gasteiger partial charge in [0.2, 0.25) is 15.3 Å². The molecule has 0 aliphatic heterocycles. The number of benzene rings is 1. The summed E-state index contributed by atoms with van der Waals surface area (Å²) in [5.74, 6) is 0.357. The molecule has 0 aromatic heterocycles. The molecule has 1 aromatic rings. The number of anilines is 1. The van der Waals surface area contributed by atoms with Crippen molar-refractivity contribution in [2.24, 2.45) is 0 Å². The van der Waals surface area contributed by atoms with Crippen LogP contribution in [0.4, 0.5) is 5.69 Å². The molecule has 0 bridgehead atoms. The third-order valence-corrected chi connectivity index (χ3v) is 3.27. The number of methoxy groups -OCH3 is 1. The Morgan fingerprint density at radius 3 is 2.47 bits per heavy atom. The van der Waals surface area contributed by atoms with Crippen molar-refractivity contribution in [2.45, 2.75) is 0 Å². The van der Waals surface area contributed by atoms with Crippen molar-refractivity contribution in [2.75, 3.05) is 24.2 Å². The molecule has 0 saturated heterocycles. The minimum Gasteiger partial charge on any atom is -0.495 e. The predicted octanol–water partition coefficient (Wildman–Crippen LogP) is 1.23. The number of rotatable bonds is 5. The molecule has 5 nitrogen and oxygen atoms in total. The van der Waals surface area contributed by atoms with E-state index in [1.165, 1.54) is 7.11 Å². The second-order valence-corrected chi connectivity index (χ2v) is 5.62. The largest absolute Gasteiger partial charge is 0.495 e. The van der Waals surface area contributed by atoms with Gasteiger partial charge in [0.1, 0.15) is 12.3 Å². The Hall–Kier alpha value is -1.27. The minimum atomic E-state index is -3.60. The second-order valence-electron chi connectivity index (χ2n) is 3.30. The van der Waals surface area contributed by atoms with Crippen LogP contribution in [0.1, 0.15) is 0 Å². The van der Waals surface area contributed by atoms with Crippen molar-refractivity contribution in [3.63, 3.8) is 0 Å². The summed E-state index contributed by atoms with van der Waals surface area (Å²) >= 11 is 5.24. The molecule has 7 heteroatoms. The Morgan fingerprint density at radius 1 is 1.41 bits per heavy atom. The molecule has 0 atom stereocenters. The molecule has 1 aromatic carbocycles. The van der Waals surface area contributed by atoms with E-state index in [9.17, 15) is 13.2 Å². The fourth-order valence-electron chi connectivity index (χ4n) is 1.33. The van der Waals surface area contributed by atoms with E-state index in [0.717, 1.165) is 10.6 Å². The average Bonchev–Trinajstić information content (AvgIpc) is 2.24. The summed E-state index contributed by atoms with van der Waals surface area (Å²) in [5.41, 5.74) is 0.284. The first-order valence-electron chi connectivity index (χ1n) is 4.65. The smallest absolute Gasteiger partial charge is 0.242 e. The standard InChI is InChI=1S/C10H12ClNO4S/c1-16-9-6-4-3-5-8(9)12(7-10(11)13)17(2,14)15/h3-6H,7H2,1-2H3. The van der Waals surface area contributed by atoms with Crippen LogP contribution >= 0.6 is 11.6 Å². The van der Waals surface area contributed by atoms with Gasteiger partial charge in [-0.25, -0.2) is 8.42 Å². The molecule has 0 fully saturated rings. The topological polar surface area (TPSA) is 63.7 Å². The molecule has 0 heterocycles. The lowest BCUT2D eigenvalue weighted by Crippen LogP contribution is -2.33. The Labute approximate surface area is 105 Å². The Kier molecular flexibility index (Phi) is 4.36. The number of hydrogen-bond acceptors (Lipinski definition) is 4. The molecule has 0 aliphatic carbocycles. The van der Waals surface area contributed by atoms with Crippen molar-refractivity contribution in [3.05, 3.63) is 24.3 Å². The number of nitrogens with zero attached hydrogens (tertiary/aromatic N) is 1. The van der Waals surface area contributed by atoms with Gasteiger partial charge in [-0.2, -0.15) is 0 Å². The lowest BCUT2D eigenvalue weighted by atomic mass is 10.3. The van der Waals surface area contributed by atoms with Crippen molar-refractivity contribution in [1.82, 2.24) is 0 Å². The number of halogens is 1. The van der Waals surface area contributed by atoms with Gasteiger partial charge in [-0.1, -0.05) is 12.1 Å². The van der Waals surface area contributed by atoms with E-state index in [0.29, 0.717) is 5.75 Å². The van der Waals surface area contributed by atoms with Crippen LogP contribution in [0.15, 0.2) is 24.3 Å². The third-order valence-electron chi connectivity index (χ3n) is 2.02. The van der Waals surface area contributed by atoms with Gasteiger partial charge < -0.3 is 4.74 Å². The molecular weight excluding hydrogens is 266 g/mol. The van der Waals surface area contributed by atoms with E-state index in [1.807, 2.05) is 0 Å². The molecule has 0 radical (unpaired) electrons. The van der Waals surface area contributed by atoms with E-state index in [2.05, 4.69) is 0 Å². The highest BCUT2D eigenvalue weighted by atomic mass is 35.5. The molecule has 0 spiro atoms. The van der Waals surface area contributed by atoms with Crippen LogP contribution in [0, 0.1) is 0 Å². The van der Waals surface area contributed by atoms with Gasteiger partial charge in [-0.3, -0.25) is 9.10 Å². The number of sulfonamides is 1. The first kappa shape index (κ1) is 13.8. The molecule has 0 N–H and O–H groups in total. The zero-order chi connectivity index (χ0) is 13.1. The van der Waals surface area contributed by atoms with E-state index < -0.39 is 21.8 Å². The van der Waals surface area contributed by atoms with Gasteiger partial charge >= 0.3 is 0 Å². The van der Waals surface area contributed by atoms with Crippen LogP contribution in [0.3, 0.4) is 0 Å². The minimum absolute atomic E-state index is 0.284. The molecule has 94 valence electrons. The Morgan fingerprint density at radius 2 is 2.00 bits per heavy atom. The van der Waals surface area contributed by atoms with Crippen LogP contribution in [0.25, 0.3) is 0 Å². The number of ether oxygens (including phenoxy) is 1. The summed E-state index contributed by atoms with van der Waals surface area (Å²) in [6.07, 6.45) is 0.999. The quantitative estimate of drug-likeness (QED) is 0.760. The fourth-order valence-corrected chi connectivity index (χ4v) is 2.38. The van der Waals surface area contributed by atoms with Gasteiger partial charge in [0.05, 0.1) is 19.1 Å².